The van der Waals surface area contributed by atoms with Gasteiger partial charge in [0.1, 0.15) is 0 Å². The van der Waals surface area contributed by atoms with Crippen LogP contribution in [0.4, 0.5) is 0 Å². The van der Waals surface area contributed by atoms with Crippen LogP contribution < -0.4 is 0 Å². The summed E-state index contributed by atoms with van der Waals surface area (Å²) >= 11 is 0. The minimum atomic E-state index is 0.660. The van der Waals surface area contributed by atoms with E-state index < -0.39 is 0 Å². The van der Waals surface area contributed by atoms with E-state index in [1.165, 1.54) is 38.5 Å². The van der Waals surface area contributed by atoms with E-state index >= 15 is 0 Å². The summed E-state index contributed by atoms with van der Waals surface area (Å²) in [6.45, 7) is 7.43. The molecule has 4 fully saturated rings. The zero-order chi connectivity index (χ0) is 14.0. The second-order valence-electron chi connectivity index (χ2n) is 9.29. The van der Waals surface area contributed by atoms with Crippen LogP contribution in [0.3, 0.4) is 0 Å². The van der Waals surface area contributed by atoms with Crippen molar-refractivity contribution in [2.75, 3.05) is 0 Å². The van der Waals surface area contributed by atoms with Crippen molar-refractivity contribution in [3.05, 3.63) is 12.2 Å². The predicted molar refractivity (Wildman–Crippen MR) is 85.4 cm³/mol. The maximum Gasteiger partial charge on any atom is -0.0171 e. The third-order valence-electron chi connectivity index (χ3n) is 8.59. The van der Waals surface area contributed by atoms with Gasteiger partial charge in [0, 0.05) is 0 Å². The molecule has 0 amide bonds. The van der Waals surface area contributed by atoms with Crippen LogP contribution in [-0.4, -0.2) is 0 Å². The Morgan fingerprint density at radius 1 is 0.900 bits per heavy atom. The summed E-state index contributed by atoms with van der Waals surface area (Å²) < 4.78 is 0. The van der Waals surface area contributed by atoms with E-state index in [2.05, 4.69) is 32.9 Å². The highest BCUT2D eigenvalue weighted by Gasteiger charge is 2.55. The lowest BCUT2D eigenvalue weighted by Gasteiger charge is -2.34. The van der Waals surface area contributed by atoms with E-state index in [0.29, 0.717) is 10.8 Å². The summed E-state index contributed by atoms with van der Waals surface area (Å²) in [7, 11) is 0. The third kappa shape index (κ3) is 1.72. The molecule has 5 rings (SSSR count). The smallest absolute Gasteiger partial charge is 0.0171 e. The van der Waals surface area contributed by atoms with Gasteiger partial charge in [-0.05, 0) is 91.8 Å². The molecular weight excluding hydrogens is 240 g/mol. The monoisotopic (exact) mass is 272 g/mol. The van der Waals surface area contributed by atoms with Gasteiger partial charge in [-0.2, -0.15) is 0 Å². The van der Waals surface area contributed by atoms with Gasteiger partial charge in [-0.15, -0.1) is 0 Å². The molecule has 0 aliphatic heterocycles. The average molecular weight is 272 g/mol. The quantitative estimate of drug-likeness (QED) is 0.487. The minimum Gasteiger partial charge on any atom is -0.0879 e. The standard InChI is InChI=1S/C10H14.C10H18/c1-2-9-7-4-5-8(6-7)10(9)3-1;1-9(2)8-4-6-10(9,3)7-5-8/h1-2,7-10H,3-6H2;8H,4-7H2,1-3H3. The predicted octanol–water partition coefficient (Wildman–Crippen LogP) is 5.83. The molecule has 0 heteroatoms. The second-order valence-corrected chi connectivity index (χ2v) is 9.29. The van der Waals surface area contributed by atoms with E-state index in [1.54, 1.807) is 12.8 Å². The zero-order valence-corrected chi connectivity index (χ0v) is 13.7. The van der Waals surface area contributed by atoms with Gasteiger partial charge in [0.15, 0.2) is 0 Å². The molecule has 4 saturated carbocycles. The summed E-state index contributed by atoms with van der Waals surface area (Å²) in [5.41, 5.74) is 1.37. The number of rotatable bonds is 0. The summed E-state index contributed by atoms with van der Waals surface area (Å²) in [6.07, 6.45) is 17.0. The second kappa shape index (κ2) is 4.37. The summed E-state index contributed by atoms with van der Waals surface area (Å²) in [6, 6.07) is 0. The Bertz CT molecular complexity index is 405. The van der Waals surface area contributed by atoms with Crippen LogP contribution in [0.25, 0.3) is 0 Å². The Balaban J connectivity index is 0.000000106. The number of hydrogen-bond donors (Lipinski definition) is 0. The SMILES string of the molecule is C1=CC2C3CCC(C3)C2C1.CC12CCC(CC1)C2(C)C. The molecule has 4 atom stereocenters. The van der Waals surface area contributed by atoms with E-state index in [0.717, 1.165) is 29.6 Å². The Hall–Kier alpha value is -0.260. The molecule has 0 spiro atoms. The van der Waals surface area contributed by atoms with Crippen molar-refractivity contribution >= 4 is 0 Å². The molecule has 0 aromatic rings. The number of hydrogen-bond acceptors (Lipinski definition) is 0. The fourth-order valence-corrected chi connectivity index (χ4v) is 6.61. The lowest BCUT2D eigenvalue weighted by Crippen LogP contribution is -2.26. The van der Waals surface area contributed by atoms with Crippen molar-refractivity contribution in [2.45, 2.75) is 72.1 Å². The summed E-state index contributed by atoms with van der Waals surface area (Å²) in [5.74, 6) is 5.41. The van der Waals surface area contributed by atoms with Crippen LogP contribution in [0.2, 0.25) is 0 Å². The highest BCUT2D eigenvalue weighted by molar-refractivity contribution is 5.11. The number of allylic oxidation sites excluding steroid dienone is 2. The van der Waals surface area contributed by atoms with E-state index in [-0.39, 0.29) is 0 Å². The first-order chi connectivity index (χ1) is 9.51. The topological polar surface area (TPSA) is 0 Å². The molecule has 0 aromatic heterocycles. The van der Waals surface area contributed by atoms with Crippen molar-refractivity contribution < 1.29 is 0 Å². The lowest BCUT2D eigenvalue weighted by atomic mass is 9.71. The molecule has 0 saturated heterocycles. The number of fused-ring (bicyclic) bond motifs is 7. The van der Waals surface area contributed by atoms with Crippen molar-refractivity contribution in [1.29, 1.82) is 0 Å². The van der Waals surface area contributed by atoms with Gasteiger partial charge in [-0.3, -0.25) is 0 Å². The van der Waals surface area contributed by atoms with Crippen molar-refractivity contribution in [2.24, 2.45) is 40.4 Å². The molecule has 5 aliphatic rings. The molecule has 0 aromatic carbocycles. The molecule has 4 unspecified atom stereocenters. The highest BCUT2D eigenvalue weighted by atomic mass is 14.6. The van der Waals surface area contributed by atoms with Crippen LogP contribution in [0.1, 0.15) is 72.1 Å². The fraction of sp³-hybridized carbons (Fsp3) is 0.900. The molecule has 5 aliphatic carbocycles. The Morgan fingerprint density at radius 3 is 2.10 bits per heavy atom. The van der Waals surface area contributed by atoms with Gasteiger partial charge in [-0.25, -0.2) is 0 Å². The minimum absolute atomic E-state index is 0.660. The van der Waals surface area contributed by atoms with Crippen molar-refractivity contribution in [1.82, 2.24) is 0 Å². The average Bonchev–Trinajstić information content (AvgIpc) is 3.18. The maximum absolute atomic E-state index is 2.49. The first-order valence-electron chi connectivity index (χ1n) is 9.18. The normalized spacial score (nSPS) is 53.0. The lowest BCUT2D eigenvalue weighted by molar-refractivity contribution is 0.152. The molecule has 0 radical (unpaired) electrons. The van der Waals surface area contributed by atoms with Crippen LogP contribution in [0.5, 0.6) is 0 Å². The van der Waals surface area contributed by atoms with Gasteiger partial charge >= 0.3 is 0 Å². The molecule has 0 N–H and O–H groups in total. The van der Waals surface area contributed by atoms with Gasteiger partial charge in [0.05, 0.1) is 0 Å². The molecule has 112 valence electrons. The van der Waals surface area contributed by atoms with Crippen molar-refractivity contribution in [3.8, 4) is 0 Å². The van der Waals surface area contributed by atoms with E-state index in [1.807, 2.05) is 0 Å². The van der Waals surface area contributed by atoms with E-state index in [4.69, 9.17) is 0 Å². The van der Waals surface area contributed by atoms with Gasteiger partial charge in [-0.1, -0.05) is 32.9 Å². The molecule has 4 bridgehead atoms. The van der Waals surface area contributed by atoms with Gasteiger partial charge in [0.2, 0.25) is 0 Å². The zero-order valence-electron chi connectivity index (χ0n) is 13.7. The van der Waals surface area contributed by atoms with Crippen LogP contribution in [-0.2, 0) is 0 Å². The molecule has 20 heavy (non-hydrogen) atoms. The largest absolute Gasteiger partial charge is 0.0879 e. The Morgan fingerprint density at radius 2 is 1.60 bits per heavy atom. The highest BCUT2D eigenvalue weighted by Crippen LogP contribution is 2.65. The summed E-state index contributed by atoms with van der Waals surface area (Å²) in [5, 5.41) is 0. The van der Waals surface area contributed by atoms with Gasteiger partial charge < -0.3 is 0 Å². The molecule has 0 nitrogen and oxygen atoms in total. The van der Waals surface area contributed by atoms with Gasteiger partial charge in [0.25, 0.3) is 0 Å². The Kier molecular flexibility index (Phi) is 2.93. The molecular formula is C20H32. The molecule has 0 heterocycles. The first-order valence-corrected chi connectivity index (χ1v) is 9.18. The fourth-order valence-electron chi connectivity index (χ4n) is 6.61. The van der Waals surface area contributed by atoms with Crippen LogP contribution in [0.15, 0.2) is 12.2 Å². The van der Waals surface area contributed by atoms with Crippen LogP contribution in [0, 0.1) is 40.4 Å². The van der Waals surface area contributed by atoms with Crippen LogP contribution >= 0.6 is 0 Å². The van der Waals surface area contributed by atoms with Crippen molar-refractivity contribution in [3.63, 3.8) is 0 Å². The first kappa shape index (κ1) is 13.4. The summed E-state index contributed by atoms with van der Waals surface area (Å²) in [4.78, 5) is 0. The van der Waals surface area contributed by atoms with E-state index in [9.17, 15) is 0 Å². The maximum atomic E-state index is 2.49. The third-order valence-corrected chi connectivity index (χ3v) is 8.59. The Labute approximate surface area is 125 Å².